The van der Waals surface area contributed by atoms with Crippen LogP contribution in [0.4, 0.5) is 5.82 Å². The molecular weight excluding hydrogens is 240 g/mol. The summed E-state index contributed by atoms with van der Waals surface area (Å²) in [4.78, 5) is 9.16. The van der Waals surface area contributed by atoms with E-state index in [1.165, 1.54) is 12.8 Å². The zero-order valence-corrected chi connectivity index (χ0v) is 11.4. The molecule has 0 atom stereocenters. The predicted molar refractivity (Wildman–Crippen MR) is 73.5 cm³/mol. The lowest BCUT2D eigenvalue weighted by molar-refractivity contribution is 0.731. The molecule has 0 bridgehead atoms. The van der Waals surface area contributed by atoms with Crippen molar-refractivity contribution in [2.24, 2.45) is 12.9 Å². The number of nitrogen functional groups attached to an aromatic ring is 1. The first-order valence-electron chi connectivity index (χ1n) is 6.46. The lowest BCUT2D eigenvalue weighted by Gasteiger charge is -2.07. The molecule has 3 N–H and O–H groups in total. The molecule has 6 nitrogen and oxygen atoms in total. The molecule has 0 aromatic carbocycles. The van der Waals surface area contributed by atoms with Crippen LogP contribution < -0.4 is 11.3 Å². The third kappa shape index (κ3) is 2.08. The summed E-state index contributed by atoms with van der Waals surface area (Å²) < 4.78 is 1.85. The van der Waals surface area contributed by atoms with Crippen molar-refractivity contribution in [3.63, 3.8) is 0 Å². The van der Waals surface area contributed by atoms with E-state index in [2.05, 4.69) is 20.5 Å². The van der Waals surface area contributed by atoms with Gasteiger partial charge in [-0.05, 0) is 26.7 Å². The molecule has 3 rings (SSSR count). The van der Waals surface area contributed by atoms with Crippen LogP contribution in [0.2, 0.25) is 0 Å². The Labute approximate surface area is 112 Å². The van der Waals surface area contributed by atoms with E-state index in [4.69, 9.17) is 5.84 Å². The Bertz CT molecular complexity index is 626. The van der Waals surface area contributed by atoms with E-state index in [9.17, 15) is 0 Å². The van der Waals surface area contributed by atoms with Crippen molar-refractivity contribution in [2.75, 3.05) is 5.43 Å². The van der Waals surface area contributed by atoms with Gasteiger partial charge < -0.3 is 5.43 Å². The van der Waals surface area contributed by atoms with E-state index in [0.717, 1.165) is 22.6 Å². The van der Waals surface area contributed by atoms with Crippen LogP contribution in [0.1, 0.15) is 35.8 Å². The van der Waals surface area contributed by atoms with E-state index in [1.54, 1.807) is 0 Å². The molecule has 100 valence electrons. The number of hydrazine groups is 1. The van der Waals surface area contributed by atoms with Gasteiger partial charge in [-0.2, -0.15) is 5.10 Å². The second-order valence-corrected chi connectivity index (χ2v) is 5.09. The topological polar surface area (TPSA) is 81.7 Å². The van der Waals surface area contributed by atoms with E-state index in [0.29, 0.717) is 17.6 Å². The van der Waals surface area contributed by atoms with Gasteiger partial charge >= 0.3 is 0 Å². The summed E-state index contributed by atoms with van der Waals surface area (Å²) in [5.74, 6) is 7.44. The number of nitrogens with one attached hydrogen (secondary N) is 1. The molecule has 19 heavy (non-hydrogen) atoms. The van der Waals surface area contributed by atoms with Gasteiger partial charge in [0.1, 0.15) is 5.82 Å². The third-order valence-electron chi connectivity index (χ3n) is 3.62. The fourth-order valence-corrected chi connectivity index (χ4v) is 2.34. The number of hydrogen-bond donors (Lipinski definition) is 2. The zero-order chi connectivity index (χ0) is 13.6. The second-order valence-electron chi connectivity index (χ2n) is 5.09. The molecule has 2 aromatic rings. The van der Waals surface area contributed by atoms with Gasteiger partial charge in [-0.15, -0.1) is 0 Å². The summed E-state index contributed by atoms with van der Waals surface area (Å²) >= 11 is 0. The summed E-state index contributed by atoms with van der Waals surface area (Å²) in [6.07, 6.45) is 2.40. The maximum absolute atomic E-state index is 5.51. The Morgan fingerprint density at radius 2 is 2.05 bits per heavy atom. The Hall–Kier alpha value is -1.95. The lowest BCUT2D eigenvalue weighted by atomic mass is 10.1. The molecule has 2 heterocycles. The summed E-state index contributed by atoms with van der Waals surface area (Å²) in [5, 5.41) is 4.42. The average molecular weight is 258 g/mol. The van der Waals surface area contributed by atoms with Gasteiger partial charge in [0.05, 0.1) is 11.3 Å². The number of hydrogen-bond acceptors (Lipinski definition) is 5. The lowest BCUT2D eigenvalue weighted by Crippen LogP contribution is -2.10. The van der Waals surface area contributed by atoms with Gasteiger partial charge in [0, 0.05) is 30.4 Å². The zero-order valence-electron chi connectivity index (χ0n) is 11.4. The maximum Gasteiger partial charge on any atom is 0.165 e. The number of aryl methyl sites for hydroxylation is 2. The molecule has 0 aliphatic heterocycles. The fourth-order valence-electron chi connectivity index (χ4n) is 2.34. The second kappa shape index (κ2) is 4.31. The van der Waals surface area contributed by atoms with Crippen molar-refractivity contribution in [1.82, 2.24) is 19.7 Å². The van der Waals surface area contributed by atoms with Gasteiger partial charge in [-0.1, -0.05) is 0 Å². The monoisotopic (exact) mass is 258 g/mol. The molecule has 0 radical (unpaired) electrons. The summed E-state index contributed by atoms with van der Waals surface area (Å²) in [6, 6.07) is 1.93. The van der Waals surface area contributed by atoms with Gasteiger partial charge in [-0.3, -0.25) is 4.68 Å². The van der Waals surface area contributed by atoms with Crippen molar-refractivity contribution in [2.45, 2.75) is 32.6 Å². The number of aromatic nitrogens is 4. The molecule has 1 saturated carbocycles. The maximum atomic E-state index is 5.51. The minimum absolute atomic E-state index is 0.561. The Balaban J connectivity index is 2.15. The highest BCUT2D eigenvalue weighted by atomic mass is 15.3. The predicted octanol–water partition coefficient (Wildman–Crippen LogP) is 1.66. The fraction of sp³-hybridized carbons (Fsp3) is 0.462. The van der Waals surface area contributed by atoms with Crippen LogP contribution in [-0.4, -0.2) is 19.7 Å². The summed E-state index contributed by atoms with van der Waals surface area (Å²) in [7, 11) is 1.93. The van der Waals surface area contributed by atoms with Gasteiger partial charge in [0.25, 0.3) is 0 Å². The molecule has 0 spiro atoms. The first-order valence-corrected chi connectivity index (χ1v) is 6.46. The van der Waals surface area contributed by atoms with Crippen molar-refractivity contribution >= 4 is 5.82 Å². The highest BCUT2D eigenvalue weighted by Gasteiger charge is 2.27. The van der Waals surface area contributed by atoms with Gasteiger partial charge in [-0.25, -0.2) is 15.8 Å². The first-order chi connectivity index (χ1) is 9.10. The highest BCUT2D eigenvalue weighted by molar-refractivity contribution is 5.63. The SMILES string of the molecule is Cc1nn(C)c(C)c1-c1nc(NN)cc(C2CC2)n1. The molecule has 0 unspecified atom stereocenters. The molecule has 1 aliphatic carbocycles. The van der Waals surface area contributed by atoms with Crippen LogP contribution in [0.5, 0.6) is 0 Å². The van der Waals surface area contributed by atoms with Crippen LogP contribution in [0.3, 0.4) is 0 Å². The quantitative estimate of drug-likeness (QED) is 0.646. The summed E-state index contributed by atoms with van der Waals surface area (Å²) in [6.45, 7) is 4.00. The number of nitrogens with two attached hydrogens (primary N) is 1. The molecule has 1 aliphatic rings. The molecular formula is C13H18N6. The number of nitrogens with zero attached hydrogens (tertiary/aromatic N) is 4. The Morgan fingerprint density at radius 3 is 2.58 bits per heavy atom. The van der Waals surface area contributed by atoms with Gasteiger partial charge in [0.15, 0.2) is 5.82 Å². The molecule has 0 saturated heterocycles. The van der Waals surface area contributed by atoms with Crippen molar-refractivity contribution in [3.05, 3.63) is 23.1 Å². The molecule has 2 aromatic heterocycles. The normalized spacial score (nSPS) is 14.7. The van der Waals surface area contributed by atoms with Crippen molar-refractivity contribution in [3.8, 4) is 11.4 Å². The Kier molecular flexibility index (Phi) is 2.74. The van der Waals surface area contributed by atoms with E-state index in [-0.39, 0.29) is 0 Å². The standard InChI is InChI=1S/C13H18N6/c1-7-12(8(2)19(3)18-7)13-15-10(9-4-5-9)6-11(16-13)17-14/h6,9H,4-5,14H2,1-3H3,(H,15,16,17). The minimum Gasteiger partial charge on any atom is -0.308 e. The van der Waals surface area contributed by atoms with Crippen LogP contribution >= 0.6 is 0 Å². The van der Waals surface area contributed by atoms with E-state index >= 15 is 0 Å². The Morgan fingerprint density at radius 1 is 1.32 bits per heavy atom. The number of rotatable bonds is 3. The average Bonchev–Trinajstić information content (AvgIpc) is 3.19. The molecule has 1 fully saturated rings. The first kappa shape index (κ1) is 12.1. The van der Waals surface area contributed by atoms with E-state index < -0.39 is 0 Å². The summed E-state index contributed by atoms with van der Waals surface area (Å²) in [5.41, 5.74) is 6.70. The van der Waals surface area contributed by atoms with Crippen LogP contribution in [-0.2, 0) is 7.05 Å². The smallest absolute Gasteiger partial charge is 0.165 e. The molecule has 6 heteroatoms. The highest BCUT2D eigenvalue weighted by Crippen LogP contribution is 2.40. The minimum atomic E-state index is 0.561. The van der Waals surface area contributed by atoms with Gasteiger partial charge in [0.2, 0.25) is 0 Å². The molecule has 0 amide bonds. The van der Waals surface area contributed by atoms with Crippen LogP contribution in [0, 0.1) is 13.8 Å². The van der Waals surface area contributed by atoms with Crippen LogP contribution in [0.15, 0.2) is 6.07 Å². The number of anilines is 1. The van der Waals surface area contributed by atoms with Crippen molar-refractivity contribution in [1.29, 1.82) is 0 Å². The van der Waals surface area contributed by atoms with Crippen LogP contribution in [0.25, 0.3) is 11.4 Å². The van der Waals surface area contributed by atoms with Crippen molar-refractivity contribution < 1.29 is 0 Å². The van der Waals surface area contributed by atoms with E-state index in [1.807, 2.05) is 31.6 Å². The largest absolute Gasteiger partial charge is 0.308 e. The third-order valence-corrected chi connectivity index (χ3v) is 3.62.